The average Bonchev–Trinajstić information content (AvgIpc) is 2.97. The molecule has 1 N–H and O–H groups in total. The van der Waals surface area contributed by atoms with E-state index in [2.05, 4.69) is 15.0 Å². The maximum absolute atomic E-state index is 13.2. The van der Waals surface area contributed by atoms with E-state index in [0.717, 1.165) is 39.2 Å². The van der Waals surface area contributed by atoms with Crippen molar-refractivity contribution >= 4 is 34.0 Å². The molecule has 4 aromatic rings. The number of benzene rings is 2. The van der Waals surface area contributed by atoms with Crippen LogP contribution in [0.5, 0.6) is 0 Å². The largest absolute Gasteiger partial charge is 0.343 e. The second-order valence-corrected chi connectivity index (χ2v) is 8.59. The topological polar surface area (TPSA) is 68.9 Å². The van der Waals surface area contributed by atoms with Crippen LogP contribution in [0, 0.1) is 27.7 Å². The predicted molar refractivity (Wildman–Crippen MR) is 129 cm³/mol. The van der Waals surface area contributed by atoms with Crippen molar-refractivity contribution in [2.45, 2.75) is 40.8 Å². The van der Waals surface area contributed by atoms with Crippen LogP contribution in [0.15, 0.2) is 53.5 Å². The first kappa shape index (κ1) is 21.8. The maximum Gasteiger partial charge on any atom is 0.276 e. The summed E-state index contributed by atoms with van der Waals surface area (Å²) in [5.74, 6) is -0.293. The van der Waals surface area contributed by atoms with Gasteiger partial charge in [0.2, 0.25) is 5.91 Å². The minimum Gasteiger partial charge on any atom is -0.343 e. The SMILES string of the molecule is Cc1ccc(NC(=O)Cn2ncc3c(C)n(Cc4cccc(Cl)c4)c(C)c3c2=O)c(C)c1. The van der Waals surface area contributed by atoms with Gasteiger partial charge in [-0.3, -0.25) is 9.59 Å². The zero-order chi connectivity index (χ0) is 23.0. The van der Waals surface area contributed by atoms with Crippen LogP contribution >= 0.6 is 11.6 Å². The highest BCUT2D eigenvalue weighted by Crippen LogP contribution is 2.24. The molecule has 0 aliphatic rings. The van der Waals surface area contributed by atoms with Crippen LogP contribution in [0.3, 0.4) is 0 Å². The van der Waals surface area contributed by atoms with Crippen molar-refractivity contribution in [3.63, 3.8) is 0 Å². The molecule has 32 heavy (non-hydrogen) atoms. The molecular formula is C25H25ClN4O2. The molecular weight excluding hydrogens is 424 g/mol. The van der Waals surface area contributed by atoms with E-state index in [0.29, 0.717) is 17.0 Å². The van der Waals surface area contributed by atoms with Crippen molar-refractivity contribution in [3.05, 3.63) is 92.1 Å². The number of carbonyl (C=O) groups is 1. The van der Waals surface area contributed by atoms with Crippen molar-refractivity contribution in [2.24, 2.45) is 0 Å². The van der Waals surface area contributed by atoms with Crippen molar-refractivity contribution in [2.75, 3.05) is 5.32 Å². The van der Waals surface area contributed by atoms with Gasteiger partial charge in [-0.05, 0) is 57.0 Å². The predicted octanol–water partition coefficient (Wildman–Crippen LogP) is 4.77. The smallest absolute Gasteiger partial charge is 0.276 e. The molecule has 0 unspecified atom stereocenters. The lowest BCUT2D eigenvalue weighted by Crippen LogP contribution is -2.29. The van der Waals surface area contributed by atoms with Crippen molar-refractivity contribution in [1.82, 2.24) is 14.3 Å². The van der Waals surface area contributed by atoms with Gasteiger partial charge < -0.3 is 9.88 Å². The molecule has 0 fully saturated rings. The molecule has 0 atom stereocenters. The van der Waals surface area contributed by atoms with Gasteiger partial charge in [-0.15, -0.1) is 0 Å². The van der Waals surface area contributed by atoms with Gasteiger partial charge in [-0.1, -0.05) is 41.4 Å². The van der Waals surface area contributed by atoms with E-state index in [1.165, 1.54) is 4.68 Å². The number of amides is 1. The van der Waals surface area contributed by atoms with Crippen LogP contribution in [0.25, 0.3) is 10.8 Å². The number of hydrogen-bond acceptors (Lipinski definition) is 3. The van der Waals surface area contributed by atoms with Gasteiger partial charge in [0, 0.05) is 34.0 Å². The fraction of sp³-hybridized carbons (Fsp3) is 0.240. The first-order valence-corrected chi connectivity index (χ1v) is 10.8. The molecule has 0 spiro atoms. The number of hydrogen-bond donors (Lipinski definition) is 1. The van der Waals surface area contributed by atoms with E-state index in [4.69, 9.17) is 11.6 Å². The molecule has 0 radical (unpaired) electrons. The lowest BCUT2D eigenvalue weighted by Gasteiger charge is -2.10. The normalized spacial score (nSPS) is 11.2. The third-order valence-corrected chi connectivity index (χ3v) is 6.02. The highest BCUT2D eigenvalue weighted by atomic mass is 35.5. The van der Waals surface area contributed by atoms with Crippen LogP contribution in [-0.2, 0) is 17.9 Å². The van der Waals surface area contributed by atoms with Gasteiger partial charge in [-0.25, -0.2) is 4.68 Å². The minimum atomic E-state index is -0.293. The number of aryl methyl sites for hydroxylation is 4. The molecule has 0 aliphatic carbocycles. The summed E-state index contributed by atoms with van der Waals surface area (Å²) in [5.41, 5.74) is 5.39. The summed E-state index contributed by atoms with van der Waals surface area (Å²) in [6.45, 7) is 8.27. The molecule has 0 saturated heterocycles. The van der Waals surface area contributed by atoms with E-state index in [1.807, 2.05) is 70.2 Å². The van der Waals surface area contributed by atoms with Gasteiger partial charge >= 0.3 is 0 Å². The molecule has 7 heteroatoms. The summed E-state index contributed by atoms with van der Waals surface area (Å²) in [6, 6.07) is 13.5. The van der Waals surface area contributed by atoms with Crippen LogP contribution in [-0.4, -0.2) is 20.3 Å². The zero-order valence-corrected chi connectivity index (χ0v) is 19.3. The van der Waals surface area contributed by atoms with Gasteiger partial charge in [0.15, 0.2) is 0 Å². The number of nitrogens with zero attached hydrogens (tertiary/aromatic N) is 3. The number of carbonyl (C=O) groups excluding carboxylic acids is 1. The lowest BCUT2D eigenvalue weighted by molar-refractivity contribution is -0.117. The summed E-state index contributed by atoms with van der Waals surface area (Å²) >= 11 is 6.13. The second-order valence-electron chi connectivity index (χ2n) is 8.15. The number of rotatable bonds is 5. The highest BCUT2D eigenvalue weighted by molar-refractivity contribution is 6.30. The molecule has 0 aliphatic heterocycles. The minimum absolute atomic E-state index is 0.153. The van der Waals surface area contributed by atoms with E-state index < -0.39 is 0 Å². The molecule has 2 heterocycles. The fourth-order valence-electron chi connectivity index (χ4n) is 4.09. The second kappa shape index (κ2) is 8.63. The van der Waals surface area contributed by atoms with E-state index in [-0.39, 0.29) is 18.0 Å². The first-order chi connectivity index (χ1) is 15.2. The van der Waals surface area contributed by atoms with E-state index >= 15 is 0 Å². The summed E-state index contributed by atoms with van der Waals surface area (Å²) in [6.07, 6.45) is 1.66. The van der Waals surface area contributed by atoms with Crippen LogP contribution in [0.1, 0.15) is 28.1 Å². The Morgan fingerprint density at radius 1 is 1.06 bits per heavy atom. The van der Waals surface area contributed by atoms with Gasteiger partial charge in [0.05, 0.1) is 11.6 Å². The molecule has 0 bridgehead atoms. The molecule has 4 rings (SSSR count). The average molecular weight is 449 g/mol. The van der Waals surface area contributed by atoms with Gasteiger partial charge in [-0.2, -0.15) is 5.10 Å². The Bertz CT molecular complexity index is 1400. The molecule has 164 valence electrons. The number of anilines is 1. The van der Waals surface area contributed by atoms with Gasteiger partial charge in [0.1, 0.15) is 6.54 Å². The van der Waals surface area contributed by atoms with Crippen LogP contribution in [0.2, 0.25) is 5.02 Å². The number of nitrogens with one attached hydrogen (secondary N) is 1. The van der Waals surface area contributed by atoms with Crippen LogP contribution in [0.4, 0.5) is 5.69 Å². The Kier molecular flexibility index (Phi) is 5.89. The number of halogens is 1. The third-order valence-electron chi connectivity index (χ3n) is 5.78. The van der Waals surface area contributed by atoms with E-state index in [1.54, 1.807) is 6.20 Å². The zero-order valence-electron chi connectivity index (χ0n) is 18.6. The van der Waals surface area contributed by atoms with Crippen molar-refractivity contribution < 1.29 is 4.79 Å². The summed E-state index contributed by atoms with van der Waals surface area (Å²) in [5, 5.41) is 9.19. The summed E-state index contributed by atoms with van der Waals surface area (Å²) < 4.78 is 3.30. The number of aromatic nitrogens is 3. The van der Waals surface area contributed by atoms with Gasteiger partial charge in [0.25, 0.3) is 5.56 Å². The molecule has 0 saturated carbocycles. The Labute approximate surface area is 191 Å². The van der Waals surface area contributed by atoms with E-state index in [9.17, 15) is 9.59 Å². The summed E-state index contributed by atoms with van der Waals surface area (Å²) in [4.78, 5) is 25.8. The molecule has 2 aromatic carbocycles. The number of fused-ring (bicyclic) bond motifs is 1. The third kappa shape index (κ3) is 4.18. The fourth-order valence-corrected chi connectivity index (χ4v) is 4.30. The monoisotopic (exact) mass is 448 g/mol. The van der Waals surface area contributed by atoms with Crippen molar-refractivity contribution in [3.8, 4) is 0 Å². The molecule has 6 nitrogen and oxygen atoms in total. The highest BCUT2D eigenvalue weighted by Gasteiger charge is 2.18. The van der Waals surface area contributed by atoms with Crippen LogP contribution < -0.4 is 10.9 Å². The summed E-state index contributed by atoms with van der Waals surface area (Å²) in [7, 11) is 0. The lowest BCUT2D eigenvalue weighted by atomic mass is 10.1. The Morgan fingerprint density at radius 3 is 2.56 bits per heavy atom. The Balaban J connectivity index is 1.64. The Morgan fingerprint density at radius 2 is 1.84 bits per heavy atom. The molecule has 2 aromatic heterocycles. The molecule has 1 amide bonds. The standard InChI is InChI=1S/C25H25ClN4O2/c1-15-8-9-22(16(2)10-15)28-23(31)14-30-25(32)24-18(4)29(17(3)21(24)12-27-30)13-19-6-5-7-20(26)11-19/h5-12H,13-14H2,1-4H3,(H,28,31). The first-order valence-electron chi connectivity index (χ1n) is 10.4. The Hall–Kier alpha value is -3.38. The van der Waals surface area contributed by atoms with Crippen molar-refractivity contribution in [1.29, 1.82) is 0 Å². The maximum atomic E-state index is 13.2. The quantitative estimate of drug-likeness (QED) is 0.478.